The van der Waals surface area contributed by atoms with E-state index in [0.29, 0.717) is 0 Å². The number of aromatic carboxylic acids is 1. The molecule has 18 heavy (non-hydrogen) atoms. The van der Waals surface area contributed by atoms with E-state index in [4.69, 9.17) is 0 Å². The summed E-state index contributed by atoms with van der Waals surface area (Å²) < 4.78 is 1.53. The fourth-order valence-electron chi connectivity index (χ4n) is 1.83. The van der Waals surface area contributed by atoms with Crippen molar-refractivity contribution in [1.29, 1.82) is 0 Å². The first-order valence-corrected chi connectivity index (χ1v) is 5.52. The summed E-state index contributed by atoms with van der Waals surface area (Å²) in [6.45, 7) is 0.0299. The number of hydrogen-bond donors (Lipinski definition) is 1. The number of hydrogen-bond acceptors (Lipinski definition) is 2. The quantitative estimate of drug-likeness (QED) is 0.891. The standard InChI is InChI=1S/C13H14N2O3/c1-14(2)12(16)8-15-10-6-4-3-5-9(10)7-11(15)13(17)18/h3-7H,8H2,1-2H3,(H,17,18). The molecule has 1 N–H and O–H groups in total. The fraction of sp³-hybridized carbons (Fsp3) is 0.231. The zero-order chi connectivity index (χ0) is 13.3. The Hall–Kier alpha value is -2.30. The Bertz CT molecular complexity index is 614. The van der Waals surface area contributed by atoms with E-state index in [1.165, 1.54) is 9.47 Å². The first-order chi connectivity index (χ1) is 8.50. The third-order valence-electron chi connectivity index (χ3n) is 2.82. The number of carboxylic acids is 1. The summed E-state index contributed by atoms with van der Waals surface area (Å²) in [5.41, 5.74) is 0.886. The highest BCUT2D eigenvalue weighted by atomic mass is 16.4. The van der Waals surface area contributed by atoms with E-state index in [-0.39, 0.29) is 18.1 Å². The van der Waals surface area contributed by atoms with Gasteiger partial charge in [-0.05, 0) is 12.1 Å². The van der Waals surface area contributed by atoms with Crippen molar-refractivity contribution in [1.82, 2.24) is 9.47 Å². The minimum atomic E-state index is -1.03. The number of nitrogens with zero attached hydrogens (tertiary/aromatic N) is 2. The van der Waals surface area contributed by atoms with Gasteiger partial charge in [-0.3, -0.25) is 4.79 Å². The summed E-state index contributed by atoms with van der Waals surface area (Å²) in [6, 6.07) is 8.89. The molecular formula is C13H14N2O3. The van der Waals surface area contributed by atoms with Gasteiger partial charge >= 0.3 is 5.97 Å². The molecule has 0 spiro atoms. The molecule has 5 nitrogen and oxygen atoms in total. The van der Waals surface area contributed by atoms with Gasteiger partial charge in [0.1, 0.15) is 12.2 Å². The van der Waals surface area contributed by atoms with Crippen LogP contribution in [0.4, 0.5) is 0 Å². The third-order valence-corrected chi connectivity index (χ3v) is 2.82. The number of carbonyl (C=O) groups excluding carboxylic acids is 1. The molecule has 0 saturated heterocycles. The molecule has 0 unspecified atom stereocenters. The SMILES string of the molecule is CN(C)C(=O)Cn1c(C(=O)O)cc2ccccc21. The Balaban J connectivity index is 2.55. The zero-order valence-electron chi connectivity index (χ0n) is 10.3. The van der Waals surface area contributed by atoms with Crippen LogP contribution >= 0.6 is 0 Å². The first kappa shape index (κ1) is 12.2. The number of carbonyl (C=O) groups is 2. The van der Waals surface area contributed by atoms with Gasteiger partial charge in [-0.15, -0.1) is 0 Å². The number of aromatic nitrogens is 1. The highest BCUT2D eigenvalue weighted by Crippen LogP contribution is 2.19. The monoisotopic (exact) mass is 246 g/mol. The van der Waals surface area contributed by atoms with Crippen LogP contribution in [-0.2, 0) is 11.3 Å². The van der Waals surface area contributed by atoms with Crippen LogP contribution in [0, 0.1) is 0 Å². The van der Waals surface area contributed by atoms with Gasteiger partial charge in [0.15, 0.2) is 0 Å². The Morgan fingerprint density at radius 3 is 2.56 bits per heavy atom. The van der Waals surface area contributed by atoms with Gasteiger partial charge in [0.25, 0.3) is 0 Å². The fourth-order valence-corrected chi connectivity index (χ4v) is 1.83. The van der Waals surface area contributed by atoms with Crippen LogP contribution in [0.5, 0.6) is 0 Å². The maximum absolute atomic E-state index is 11.7. The van der Waals surface area contributed by atoms with Gasteiger partial charge < -0.3 is 14.6 Å². The number of fused-ring (bicyclic) bond motifs is 1. The second-order valence-corrected chi connectivity index (χ2v) is 4.27. The van der Waals surface area contributed by atoms with Crippen LogP contribution in [0.25, 0.3) is 10.9 Å². The van der Waals surface area contributed by atoms with Gasteiger partial charge in [0.05, 0.1) is 0 Å². The van der Waals surface area contributed by atoms with Gasteiger partial charge in [0.2, 0.25) is 5.91 Å². The van der Waals surface area contributed by atoms with E-state index in [9.17, 15) is 14.7 Å². The molecule has 2 aromatic rings. The van der Waals surface area contributed by atoms with Crippen molar-refractivity contribution in [2.24, 2.45) is 0 Å². The van der Waals surface area contributed by atoms with Gasteiger partial charge in [0, 0.05) is 25.0 Å². The number of amides is 1. The van der Waals surface area contributed by atoms with E-state index < -0.39 is 5.97 Å². The molecule has 0 bridgehead atoms. The summed E-state index contributed by atoms with van der Waals surface area (Å²) >= 11 is 0. The minimum absolute atomic E-state index is 0.0299. The van der Waals surface area contributed by atoms with E-state index in [1.807, 2.05) is 24.3 Å². The van der Waals surface area contributed by atoms with Crippen LogP contribution in [0.15, 0.2) is 30.3 Å². The molecule has 0 aliphatic heterocycles. The molecule has 1 heterocycles. The van der Waals surface area contributed by atoms with Gasteiger partial charge in [-0.1, -0.05) is 18.2 Å². The zero-order valence-corrected chi connectivity index (χ0v) is 10.3. The van der Waals surface area contributed by atoms with Gasteiger partial charge in [-0.25, -0.2) is 4.79 Å². The van der Waals surface area contributed by atoms with Gasteiger partial charge in [-0.2, -0.15) is 0 Å². The third kappa shape index (κ3) is 2.07. The summed E-state index contributed by atoms with van der Waals surface area (Å²) in [6.07, 6.45) is 0. The van der Waals surface area contributed by atoms with E-state index in [0.717, 1.165) is 10.9 Å². The molecule has 1 aromatic heterocycles. The molecule has 0 atom stereocenters. The number of para-hydroxylation sites is 1. The minimum Gasteiger partial charge on any atom is -0.477 e. The Morgan fingerprint density at radius 2 is 1.94 bits per heavy atom. The Morgan fingerprint density at radius 1 is 1.28 bits per heavy atom. The summed E-state index contributed by atoms with van der Waals surface area (Å²) in [5, 5.41) is 9.99. The second kappa shape index (κ2) is 4.52. The molecule has 94 valence electrons. The van der Waals surface area contributed by atoms with Crippen molar-refractivity contribution in [2.45, 2.75) is 6.54 Å². The van der Waals surface area contributed by atoms with Crippen LogP contribution in [-0.4, -0.2) is 40.5 Å². The van der Waals surface area contributed by atoms with E-state index in [2.05, 4.69) is 0 Å². The predicted octanol–water partition coefficient (Wildman–Crippen LogP) is 1.43. The van der Waals surface area contributed by atoms with Crippen molar-refractivity contribution < 1.29 is 14.7 Å². The molecule has 0 aliphatic rings. The molecule has 0 fully saturated rings. The average molecular weight is 246 g/mol. The van der Waals surface area contributed by atoms with E-state index in [1.54, 1.807) is 20.2 Å². The molecule has 5 heteroatoms. The number of likely N-dealkylation sites (N-methyl/N-ethyl adjacent to an activating group) is 1. The number of carboxylic acid groups (broad SMARTS) is 1. The summed E-state index contributed by atoms with van der Waals surface area (Å²) in [5.74, 6) is -1.17. The Labute approximate surface area is 104 Å². The molecule has 2 rings (SSSR count). The summed E-state index contributed by atoms with van der Waals surface area (Å²) in [4.78, 5) is 24.4. The maximum atomic E-state index is 11.7. The highest BCUT2D eigenvalue weighted by molar-refractivity contribution is 5.95. The van der Waals surface area contributed by atoms with Crippen molar-refractivity contribution >= 4 is 22.8 Å². The van der Waals surface area contributed by atoms with Crippen molar-refractivity contribution in [2.75, 3.05) is 14.1 Å². The van der Waals surface area contributed by atoms with Crippen LogP contribution in [0.3, 0.4) is 0 Å². The lowest BCUT2D eigenvalue weighted by Gasteiger charge is -2.13. The highest BCUT2D eigenvalue weighted by Gasteiger charge is 2.17. The largest absolute Gasteiger partial charge is 0.477 e. The molecule has 0 radical (unpaired) electrons. The number of benzene rings is 1. The number of rotatable bonds is 3. The van der Waals surface area contributed by atoms with Crippen LogP contribution in [0.2, 0.25) is 0 Å². The van der Waals surface area contributed by atoms with E-state index >= 15 is 0 Å². The lowest BCUT2D eigenvalue weighted by molar-refractivity contribution is -0.129. The lowest BCUT2D eigenvalue weighted by atomic mass is 10.2. The lowest BCUT2D eigenvalue weighted by Crippen LogP contribution is -2.27. The predicted molar refractivity (Wildman–Crippen MR) is 67.6 cm³/mol. The van der Waals surface area contributed by atoms with Crippen LogP contribution in [0.1, 0.15) is 10.5 Å². The molecular weight excluding hydrogens is 232 g/mol. The Kier molecular flexibility index (Phi) is 3.06. The molecule has 1 amide bonds. The second-order valence-electron chi connectivity index (χ2n) is 4.27. The molecule has 0 saturated carbocycles. The smallest absolute Gasteiger partial charge is 0.352 e. The normalized spacial score (nSPS) is 10.6. The summed E-state index contributed by atoms with van der Waals surface area (Å²) in [7, 11) is 3.29. The molecule has 0 aliphatic carbocycles. The maximum Gasteiger partial charge on any atom is 0.352 e. The average Bonchev–Trinajstić information content (AvgIpc) is 2.68. The van der Waals surface area contributed by atoms with Crippen molar-refractivity contribution in [3.05, 3.63) is 36.0 Å². The van der Waals surface area contributed by atoms with Crippen molar-refractivity contribution in [3.8, 4) is 0 Å². The topological polar surface area (TPSA) is 62.5 Å². The first-order valence-electron chi connectivity index (χ1n) is 5.52. The van der Waals surface area contributed by atoms with Crippen molar-refractivity contribution in [3.63, 3.8) is 0 Å². The molecule has 1 aromatic carbocycles. The van der Waals surface area contributed by atoms with Crippen LogP contribution < -0.4 is 0 Å².